The number of ether oxygens (including phenoxy) is 1. The van der Waals surface area contributed by atoms with Crippen LogP contribution in [0.5, 0.6) is 0 Å². The summed E-state index contributed by atoms with van der Waals surface area (Å²) in [6, 6.07) is 8.62. The highest BCUT2D eigenvalue weighted by Crippen LogP contribution is 2.16. The van der Waals surface area contributed by atoms with E-state index in [-0.39, 0.29) is 6.61 Å². The molecule has 0 aliphatic rings. The van der Waals surface area contributed by atoms with Crippen molar-refractivity contribution in [2.45, 2.75) is 0 Å². The van der Waals surface area contributed by atoms with E-state index in [1.807, 2.05) is 0 Å². The number of hydrogen-bond acceptors (Lipinski definition) is 3. The third kappa shape index (κ3) is 2.56. The first-order valence-corrected chi connectivity index (χ1v) is 4.33. The summed E-state index contributed by atoms with van der Waals surface area (Å²) >= 11 is 3.21. The smallest absolute Gasteiger partial charge is 0.340 e. The molecule has 0 radical (unpaired) electrons. The Labute approximate surface area is 84.1 Å². The number of esters is 1. The summed E-state index contributed by atoms with van der Waals surface area (Å²) < 4.78 is 5.29. The van der Waals surface area contributed by atoms with Crippen LogP contribution in [0.25, 0.3) is 0 Å². The summed E-state index contributed by atoms with van der Waals surface area (Å²) in [4.78, 5) is 11.2. The number of hydrogen-bond donors (Lipinski definition) is 0. The predicted molar refractivity (Wildman–Crippen MR) is 50.0 cm³/mol. The molecule has 1 rings (SSSR count). The van der Waals surface area contributed by atoms with E-state index in [2.05, 4.69) is 20.7 Å². The average Bonchev–Trinajstić information content (AvgIpc) is 2.15. The van der Waals surface area contributed by atoms with E-state index >= 15 is 0 Å². The fourth-order valence-electron chi connectivity index (χ4n) is 0.802. The third-order valence-electron chi connectivity index (χ3n) is 1.36. The van der Waals surface area contributed by atoms with Crippen LogP contribution in [0.4, 0.5) is 0 Å². The van der Waals surface area contributed by atoms with Crippen molar-refractivity contribution in [2.75, 3.05) is 6.61 Å². The lowest BCUT2D eigenvalue weighted by Crippen LogP contribution is -2.05. The van der Waals surface area contributed by atoms with Crippen LogP contribution in [0.15, 0.2) is 28.7 Å². The van der Waals surface area contributed by atoms with E-state index in [9.17, 15) is 4.79 Å². The van der Waals surface area contributed by atoms with Gasteiger partial charge in [0.15, 0.2) is 6.61 Å². The molecule has 0 spiro atoms. The molecule has 0 fully saturated rings. The molecular formula is C9H6BrNO2. The van der Waals surface area contributed by atoms with Crippen molar-refractivity contribution in [1.29, 1.82) is 5.26 Å². The molecule has 0 saturated heterocycles. The van der Waals surface area contributed by atoms with Crippen LogP contribution < -0.4 is 0 Å². The molecule has 0 bridgehead atoms. The van der Waals surface area contributed by atoms with Gasteiger partial charge in [0.05, 0.1) is 5.56 Å². The molecule has 0 unspecified atom stereocenters. The SMILES string of the molecule is N#CCOC(=O)c1ccccc1Br. The zero-order chi connectivity index (χ0) is 9.68. The van der Waals surface area contributed by atoms with E-state index in [0.717, 1.165) is 0 Å². The van der Waals surface area contributed by atoms with Crippen LogP contribution in [0.3, 0.4) is 0 Å². The van der Waals surface area contributed by atoms with Gasteiger partial charge in [0, 0.05) is 4.47 Å². The highest BCUT2D eigenvalue weighted by molar-refractivity contribution is 9.10. The Morgan fingerprint density at radius 2 is 2.23 bits per heavy atom. The normalized spacial score (nSPS) is 8.92. The number of nitriles is 1. The summed E-state index contributed by atoms with van der Waals surface area (Å²) in [7, 11) is 0. The Kier molecular flexibility index (Phi) is 3.47. The van der Waals surface area contributed by atoms with Crippen LogP contribution in [0, 0.1) is 11.3 Å². The van der Waals surface area contributed by atoms with Gasteiger partial charge in [-0.1, -0.05) is 12.1 Å². The number of benzene rings is 1. The van der Waals surface area contributed by atoms with E-state index in [4.69, 9.17) is 5.26 Å². The molecule has 0 aliphatic carbocycles. The summed E-state index contributed by atoms with van der Waals surface area (Å²) in [6.45, 7) is -0.222. The van der Waals surface area contributed by atoms with Crippen molar-refractivity contribution in [2.24, 2.45) is 0 Å². The Morgan fingerprint density at radius 1 is 1.54 bits per heavy atom. The number of nitrogens with zero attached hydrogens (tertiary/aromatic N) is 1. The van der Waals surface area contributed by atoms with Gasteiger partial charge in [-0.15, -0.1) is 0 Å². The molecule has 0 atom stereocenters. The highest BCUT2D eigenvalue weighted by atomic mass is 79.9. The van der Waals surface area contributed by atoms with Gasteiger partial charge in [-0.05, 0) is 28.1 Å². The molecule has 0 amide bonds. The van der Waals surface area contributed by atoms with Crippen molar-refractivity contribution >= 4 is 21.9 Å². The molecule has 3 nitrogen and oxygen atoms in total. The number of halogens is 1. The Bertz CT molecular complexity index is 357. The molecule has 0 aliphatic heterocycles. The van der Waals surface area contributed by atoms with Crippen LogP contribution in [0.2, 0.25) is 0 Å². The quantitative estimate of drug-likeness (QED) is 0.744. The van der Waals surface area contributed by atoms with Gasteiger partial charge in [-0.25, -0.2) is 4.79 Å². The van der Waals surface area contributed by atoms with Crippen molar-refractivity contribution in [3.05, 3.63) is 34.3 Å². The van der Waals surface area contributed by atoms with E-state index in [1.54, 1.807) is 30.3 Å². The first kappa shape index (κ1) is 9.75. The van der Waals surface area contributed by atoms with E-state index in [1.165, 1.54) is 0 Å². The Balaban J connectivity index is 2.78. The molecule has 0 N–H and O–H groups in total. The monoisotopic (exact) mass is 239 g/mol. The fourth-order valence-corrected chi connectivity index (χ4v) is 1.25. The van der Waals surface area contributed by atoms with E-state index in [0.29, 0.717) is 10.0 Å². The highest BCUT2D eigenvalue weighted by Gasteiger charge is 2.09. The summed E-state index contributed by atoms with van der Waals surface area (Å²) in [5, 5.41) is 8.19. The lowest BCUT2D eigenvalue weighted by atomic mass is 10.2. The molecule has 4 heteroatoms. The second kappa shape index (κ2) is 4.63. The minimum atomic E-state index is -0.492. The maximum Gasteiger partial charge on any atom is 0.340 e. The standard InChI is InChI=1S/C9H6BrNO2/c10-8-4-2-1-3-7(8)9(12)13-6-5-11/h1-4H,6H2. The fraction of sp³-hybridized carbons (Fsp3) is 0.111. The van der Waals surface area contributed by atoms with Crippen molar-refractivity contribution in [3.63, 3.8) is 0 Å². The molecule has 0 saturated carbocycles. The lowest BCUT2D eigenvalue weighted by molar-refractivity contribution is 0.0554. The number of rotatable bonds is 2. The van der Waals surface area contributed by atoms with E-state index < -0.39 is 5.97 Å². The second-order valence-corrected chi connectivity index (χ2v) is 3.07. The molecule has 13 heavy (non-hydrogen) atoms. The van der Waals surface area contributed by atoms with Gasteiger partial charge in [-0.3, -0.25) is 0 Å². The Morgan fingerprint density at radius 3 is 2.85 bits per heavy atom. The van der Waals surface area contributed by atoms with Crippen molar-refractivity contribution in [3.8, 4) is 6.07 Å². The van der Waals surface area contributed by atoms with Gasteiger partial charge in [0.1, 0.15) is 6.07 Å². The van der Waals surface area contributed by atoms with Crippen molar-refractivity contribution in [1.82, 2.24) is 0 Å². The third-order valence-corrected chi connectivity index (χ3v) is 2.05. The van der Waals surface area contributed by atoms with Crippen LogP contribution >= 0.6 is 15.9 Å². The molecular weight excluding hydrogens is 234 g/mol. The van der Waals surface area contributed by atoms with Crippen LogP contribution in [-0.2, 0) is 4.74 Å². The molecule has 66 valence electrons. The van der Waals surface area contributed by atoms with Gasteiger partial charge in [-0.2, -0.15) is 5.26 Å². The minimum absolute atomic E-state index is 0.222. The lowest BCUT2D eigenvalue weighted by Gasteiger charge is -2.01. The first-order valence-electron chi connectivity index (χ1n) is 3.54. The molecule has 1 aromatic carbocycles. The maximum absolute atomic E-state index is 11.2. The Hall–Kier alpha value is -1.34. The summed E-state index contributed by atoms with van der Waals surface area (Å²) in [5.74, 6) is -0.492. The molecule has 1 aromatic rings. The van der Waals surface area contributed by atoms with Gasteiger partial charge in [0.2, 0.25) is 0 Å². The number of carbonyl (C=O) groups excluding carboxylic acids is 1. The molecule has 0 aromatic heterocycles. The second-order valence-electron chi connectivity index (χ2n) is 2.21. The maximum atomic E-state index is 11.2. The molecule has 0 heterocycles. The summed E-state index contributed by atoms with van der Waals surface area (Å²) in [5.41, 5.74) is 0.428. The van der Waals surface area contributed by atoms with Gasteiger partial charge in [0.25, 0.3) is 0 Å². The van der Waals surface area contributed by atoms with Gasteiger partial charge >= 0.3 is 5.97 Å². The zero-order valence-corrected chi connectivity index (χ0v) is 8.24. The largest absolute Gasteiger partial charge is 0.447 e. The van der Waals surface area contributed by atoms with Crippen molar-refractivity contribution < 1.29 is 9.53 Å². The van der Waals surface area contributed by atoms with Crippen LogP contribution in [-0.4, -0.2) is 12.6 Å². The van der Waals surface area contributed by atoms with Gasteiger partial charge < -0.3 is 4.74 Å². The first-order chi connectivity index (χ1) is 6.25. The topological polar surface area (TPSA) is 50.1 Å². The minimum Gasteiger partial charge on any atom is -0.447 e. The average molecular weight is 240 g/mol. The number of carbonyl (C=O) groups is 1. The predicted octanol–water partition coefficient (Wildman–Crippen LogP) is 2.13. The van der Waals surface area contributed by atoms with Crippen LogP contribution in [0.1, 0.15) is 10.4 Å². The zero-order valence-electron chi connectivity index (χ0n) is 6.66. The summed E-state index contributed by atoms with van der Waals surface area (Å²) in [6.07, 6.45) is 0.